The maximum absolute atomic E-state index is 12.5. The van der Waals surface area contributed by atoms with Gasteiger partial charge in [0.15, 0.2) is 0 Å². The van der Waals surface area contributed by atoms with Gasteiger partial charge in [-0.1, -0.05) is 6.08 Å². The van der Waals surface area contributed by atoms with Gasteiger partial charge in [-0.05, 0) is 46.6 Å². The van der Waals surface area contributed by atoms with Crippen LogP contribution in [0.2, 0.25) is 0 Å². The lowest BCUT2D eigenvalue weighted by molar-refractivity contribution is -0.180. The fourth-order valence-electron chi connectivity index (χ4n) is 1.54. The van der Waals surface area contributed by atoms with E-state index in [0.717, 1.165) is 11.6 Å². The summed E-state index contributed by atoms with van der Waals surface area (Å²) in [6.07, 6.45) is -3.78. The monoisotopic (exact) mass is 292 g/mol. The molecule has 1 aromatic rings. The van der Waals surface area contributed by atoms with Crippen LogP contribution in [0.5, 0.6) is 5.75 Å². The first-order valence-electron chi connectivity index (χ1n) is 4.59. The average molecular weight is 293 g/mol. The Hall–Kier alpha value is -0.970. The zero-order chi connectivity index (χ0) is 11.9. The topological polar surface area (TPSA) is 9.23 Å². The zero-order valence-electron chi connectivity index (χ0n) is 8.31. The van der Waals surface area contributed by atoms with E-state index < -0.39 is 12.3 Å². The maximum atomic E-state index is 12.5. The number of halogens is 4. The second-order valence-electron chi connectivity index (χ2n) is 3.60. The van der Waals surface area contributed by atoms with Crippen molar-refractivity contribution in [1.82, 2.24) is 0 Å². The highest BCUT2D eigenvalue weighted by atomic mass is 79.9. The number of ether oxygens (including phenoxy) is 1. The molecule has 0 aromatic heterocycles. The van der Waals surface area contributed by atoms with Crippen LogP contribution < -0.4 is 4.74 Å². The van der Waals surface area contributed by atoms with Crippen LogP contribution in [-0.4, -0.2) is 12.3 Å². The molecule has 0 unspecified atom stereocenters. The van der Waals surface area contributed by atoms with Crippen molar-refractivity contribution in [2.75, 3.05) is 0 Å². The van der Waals surface area contributed by atoms with Crippen molar-refractivity contribution in [1.29, 1.82) is 0 Å². The largest absolute Gasteiger partial charge is 0.475 e. The van der Waals surface area contributed by atoms with Crippen molar-refractivity contribution in [2.45, 2.75) is 19.2 Å². The van der Waals surface area contributed by atoms with Gasteiger partial charge >= 0.3 is 6.18 Å². The molecule has 1 atom stereocenters. The summed E-state index contributed by atoms with van der Waals surface area (Å²) >= 11 is 3.20. The Morgan fingerprint density at radius 1 is 1.31 bits per heavy atom. The molecule has 16 heavy (non-hydrogen) atoms. The molecule has 1 nitrogen and oxygen atoms in total. The Labute approximate surface area is 99.0 Å². The number of aryl methyl sites for hydroxylation is 1. The van der Waals surface area contributed by atoms with Crippen LogP contribution in [0.3, 0.4) is 0 Å². The number of fused-ring (bicyclic) bond motifs is 1. The Morgan fingerprint density at radius 3 is 2.62 bits per heavy atom. The molecule has 0 spiro atoms. The second-order valence-corrected chi connectivity index (χ2v) is 4.46. The van der Waals surface area contributed by atoms with E-state index in [1.165, 1.54) is 6.08 Å². The van der Waals surface area contributed by atoms with Crippen LogP contribution in [0.4, 0.5) is 13.2 Å². The molecule has 86 valence electrons. The summed E-state index contributed by atoms with van der Waals surface area (Å²) in [6, 6.07) is 3.51. The van der Waals surface area contributed by atoms with Gasteiger partial charge in [-0.25, -0.2) is 0 Å². The first kappa shape index (κ1) is 11.5. The minimum Gasteiger partial charge on any atom is -0.475 e. The minimum absolute atomic E-state index is 0.246. The van der Waals surface area contributed by atoms with E-state index in [2.05, 4.69) is 15.9 Å². The molecule has 1 aliphatic heterocycles. The molecule has 0 saturated heterocycles. The van der Waals surface area contributed by atoms with Gasteiger partial charge < -0.3 is 4.74 Å². The van der Waals surface area contributed by atoms with Gasteiger partial charge in [0.2, 0.25) is 6.10 Å². The van der Waals surface area contributed by atoms with E-state index in [-0.39, 0.29) is 5.75 Å². The van der Waals surface area contributed by atoms with Gasteiger partial charge in [-0.3, -0.25) is 0 Å². The van der Waals surface area contributed by atoms with Crippen LogP contribution in [0.1, 0.15) is 11.1 Å². The summed E-state index contributed by atoms with van der Waals surface area (Å²) in [5.41, 5.74) is 1.62. The third-order valence-electron chi connectivity index (χ3n) is 2.23. The van der Waals surface area contributed by atoms with E-state index >= 15 is 0 Å². The fraction of sp³-hybridized carbons (Fsp3) is 0.273. The highest BCUT2D eigenvalue weighted by Gasteiger charge is 2.41. The Bertz CT molecular complexity index is 451. The summed E-state index contributed by atoms with van der Waals surface area (Å²) in [5.74, 6) is 0.246. The molecule has 0 aliphatic carbocycles. The lowest BCUT2D eigenvalue weighted by atomic mass is 10.1. The third kappa shape index (κ3) is 2.09. The summed E-state index contributed by atoms with van der Waals surface area (Å²) in [7, 11) is 0. The van der Waals surface area contributed by atoms with E-state index in [4.69, 9.17) is 4.74 Å². The number of hydrogen-bond donors (Lipinski definition) is 0. The number of alkyl halides is 3. The quantitative estimate of drug-likeness (QED) is 0.700. The maximum Gasteiger partial charge on any atom is 0.429 e. The smallest absolute Gasteiger partial charge is 0.429 e. The molecular weight excluding hydrogens is 285 g/mol. The lowest BCUT2D eigenvalue weighted by Crippen LogP contribution is -2.34. The molecule has 1 aliphatic rings. The highest BCUT2D eigenvalue weighted by Crippen LogP contribution is 2.38. The molecule has 1 heterocycles. The van der Waals surface area contributed by atoms with E-state index in [9.17, 15) is 13.2 Å². The summed E-state index contributed by atoms with van der Waals surface area (Å²) in [4.78, 5) is 0. The van der Waals surface area contributed by atoms with Crippen molar-refractivity contribution in [3.8, 4) is 5.75 Å². The number of rotatable bonds is 0. The Morgan fingerprint density at radius 2 is 2.00 bits per heavy atom. The predicted molar refractivity (Wildman–Crippen MR) is 58.4 cm³/mol. The third-order valence-corrected chi connectivity index (χ3v) is 2.82. The molecule has 2 rings (SSSR count). The van der Waals surface area contributed by atoms with Crippen molar-refractivity contribution < 1.29 is 17.9 Å². The molecule has 0 fully saturated rings. The van der Waals surface area contributed by atoms with Gasteiger partial charge in [0.05, 0.1) is 4.47 Å². The van der Waals surface area contributed by atoms with Crippen molar-refractivity contribution in [3.05, 3.63) is 33.8 Å². The number of hydrogen-bond acceptors (Lipinski definition) is 1. The van der Waals surface area contributed by atoms with E-state index in [0.29, 0.717) is 10.0 Å². The zero-order valence-corrected chi connectivity index (χ0v) is 9.89. The van der Waals surface area contributed by atoms with Crippen LogP contribution >= 0.6 is 15.9 Å². The van der Waals surface area contributed by atoms with E-state index in [1.54, 1.807) is 12.1 Å². The van der Waals surface area contributed by atoms with Crippen LogP contribution in [0.15, 0.2) is 22.7 Å². The van der Waals surface area contributed by atoms with Gasteiger partial charge in [-0.2, -0.15) is 13.2 Å². The van der Waals surface area contributed by atoms with Gasteiger partial charge in [0.25, 0.3) is 0 Å². The standard InChI is InChI=1S/C11H8BrF3O/c1-6-4-7-2-3-9(11(13,14)15)16-10(7)8(12)5-6/h2-5,9H,1H3/t9-/m0/s1. The second kappa shape index (κ2) is 3.80. The molecule has 0 radical (unpaired) electrons. The van der Waals surface area contributed by atoms with Gasteiger partial charge in [-0.15, -0.1) is 0 Å². The lowest BCUT2D eigenvalue weighted by Gasteiger charge is -2.24. The molecule has 5 heteroatoms. The van der Waals surface area contributed by atoms with Crippen molar-refractivity contribution >= 4 is 22.0 Å². The molecule has 0 amide bonds. The first-order chi connectivity index (χ1) is 7.38. The Kier molecular flexibility index (Phi) is 2.74. The van der Waals surface area contributed by atoms with Crippen LogP contribution in [-0.2, 0) is 0 Å². The number of benzene rings is 1. The molecule has 0 N–H and O–H groups in total. The molecule has 0 bridgehead atoms. The van der Waals surface area contributed by atoms with Crippen molar-refractivity contribution in [2.24, 2.45) is 0 Å². The predicted octanol–water partition coefficient (Wildman–Crippen LogP) is 4.09. The van der Waals surface area contributed by atoms with Crippen LogP contribution in [0.25, 0.3) is 6.08 Å². The SMILES string of the molecule is Cc1cc(Br)c2c(c1)C=C[C@@H](C(F)(F)F)O2. The van der Waals surface area contributed by atoms with Crippen LogP contribution in [0, 0.1) is 6.92 Å². The summed E-state index contributed by atoms with van der Waals surface area (Å²) < 4.78 is 42.8. The minimum atomic E-state index is -4.38. The van der Waals surface area contributed by atoms with Gasteiger partial charge in [0.1, 0.15) is 5.75 Å². The summed E-state index contributed by atoms with van der Waals surface area (Å²) in [5, 5.41) is 0. The average Bonchev–Trinajstić information content (AvgIpc) is 2.15. The molecule has 0 saturated carbocycles. The normalized spacial score (nSPS) is 19.2. The van der Waals surface area contributed by atoms with Gasteiger partial charge in [0, 0.05) is 5.56 Å². The summed E-state index contributed by atoms with van der Waals surface area (Å²) in [6.45, 7) is 1.87. The Balaban J connectivity index is 2.42. The highest BCUT2D eigenvalue weighted by molar-refractivity contribution is 9.10. The first-order valence-corrected chi connectivity index (χ1v) is 5.39. The van der Waals surface area contributed by atoms with Crippen molar-refractivity contribution in [3.63, 3.8) is 0 Å². The fourth-order valence-corrected chi connectivity index (χ4v) is 2.22. The molecule has 1 aromatic carbocycles. The molecular formula is C11H8BrF3O. The van der Waals surface area contributed by atoms with E-state index in [1.807, 2.05) is 6.92 Å².